The van der Waals surface area contributed by atoms with E-state index in [0.29, 0.717) is 0 Å². The van der Waals surface area contributed by atoms with Gasteiger partial charge in [0, 0.05) is 11.5 Å². The van der Waals surface area contributed by atoms with Crippen molar-refractivity contribution in [2.75, 3.05) is 0 Å². The highest BCUT2D eigenvalue weighted by atomic mass is 15.0. The Labute approximate surface area is 114 Å². The summed E-state index contributed by atoms with van der Waals surface area (Å²) in [6.45, 7) is 4.44. The number of aryl methyl sites for hydroxylation is 1. The molecule has 2 atom stereocenters. The van der Waals surface area contributed by atoms with Crippen LogP contribution in [0.15, 0.2) is 18.2 Å². The largest absolute Gasteiger partial charge is 0.341 e. The van der Waals surface area contributed by atoms with Crippen molar-refractivity contribution >= 4 is 11.0 Å². The van der Waals surface area contributed by atoms with Gasteiger partial charge in [-0.2, -0.15) is 0 Å². The molecule has 1 heterocycles. The fraction of sp³-hybridized carbons (Fsp3) is 0.562. The Hall–Kier alpha value is -1.35. The Balaban J connectivity index is 2.04. The Kier molecular flexibility index (Phi) is 3.09. The smallest absolute Gasteiger partial charge is 0.114 e. The minimum atomic E-state index is 0.00362. The second-order valence-electron chi connectivity index (χ2n) is 6.06. The van der Waals surface area contributed by atoms with Crippen LogP contribution in [0.5, 0.6) is 0 Å². The number of nitrogens with one attached hydrogen (secondary N) is 1. The molecule has 3 heteroatoms. The summed E-state index contributed by atoms with van der Waals surface area (Å²) in [6.07, 6.45) is 5.79. The Morgan fingerprint density at radius 2 is 2.26 bits per heavy atom. The number of aromatic amines is 1. The van der Waals surface area contributed by atoms with Gasteiger partial charge < -0.3 is 10.7 Å². The highest BCUT2D eigenvalue weighted by Gasteiger charge is 2.38. The molecule has 1 aliphatic carbocycles. The summed E-state index contributed by atoms with van der Waals surface area (Å²) in [6, 6.07) is 6.71. The van der Waals surface area contributed by atoms with E-state index in [0.717, 1.165) is 36.1 Å². The second-order valence-corrected chi connectivity index (χ2v) is 6.06. The third-order valence-corrected chi connectivity index (χ3v) is 4.78. The van der Waals surface area contributed by atoms with E-state index in [1.165, 1.54) is 18.4 Å². The van der Waals surface area contributed by atoms with Crippen LogP contribution in [-0.4, -0.2) is 16.0 Å². The molecule has 0 saturated heterocycles. The molecule has 19 heavy (non-hydrogen) atoms. The predicted molar refractivity (Wildman–Crippen MR) is 79.3 cm³/mol. The van der Waals surface area contributed by atoms with Crippen LogP contribution in [0.4, 0.5) is 0 Å². The molecule has 0 bridgehead atoms. The van der Waals surface area contributed by atoms with Gasteiger partial charge in [-0.25, -0.2) is 4.98 Å². The molecule has 1 aromatic heterocycles. The lowest BCUT2D eigenvalue weighted by Crippen LogP contribution is -2.46. The average molecular weight is 257 g/mol. The van der Waals surface area contributed by atoms with E-state index in [4.69, 9.17) is 10.7 Å². The lowest BCUT2D eigenvalue weighted by molar-refractivity contribution is 0.260. The SMILES string of the molecule is CCc1ccc2nc(C3(C)CCCCC3N)[nH]c2c1. The van der Waals surface area contributed by atoms with Crippen LogP contribution in [-0.2, 0) is 11.8 Å². The highest BCUT2D eigenvalue weighted by molar-refractivity contribution is 5.76. The number of nitrogens with two attached hydrogens (primary N) is 1. The van der Waals surface area contributed by atoms with Crippen LogP contribution < -0.4 is 5.73 Å². The van der Waals surface area contributed by atoms with Crippen molar-refractivity contribution in [1.29, 1.82) is 0 Å². The van der Waals surface area contributed by atoms with Gasteiger partial charge in [-0.15, -0.1) is 0 Å². The minimum Gasteiger partial charge on any atom is -0.341 e. The zero-order valence-electron chi connectivity index (χ0n) is 11.9. The van der Waals surface area contributed by atoms with Gasteiger partial charge in [0.2, 0.25) is 0 Å². The molecule has 2 unspecified atom stereocenters. The van der Waals surface area contributed by atoms with Gasteiger partial charge in [-0.1, -0.05) is 32.8 Å². The maximum absolute atomic E-state index is 6.36. The summed E-state index contributed by atoms with van der Waals surface area (Å²) in [5, 5.41) is 0. The van der Waals surface area contributed by atoms with E-state index >= 15 is 0 Å². The van der Waals surface area contributed by atoms with Crippen LogP contribution >= 0.6 is 0 Å². The van der Waals surface area contributed by atoms with Gasteiger partial charge in [-0.3, -0.25) is 0 Å². The Morgan fingerprint density at radius 3 is 3.00 bits per heavy atom. The van der Waals surface area contributed by atoms with Gasteiger partial charge in [0.15, 0.2) is 0 Å². The van der Waals surface area contributed by atoms with Crippen LogP contribution in [0.25, 0.3) is 11.0 Å². The lowest BCUT2D eigenvalue weighted by Gasteiger charge is -2.37. The number of imidazole rings is 1. The molecular weight excluding hydrogens is 234 g/mol. The molecule has 2 aromatic rings. The molecule has 3 nitrogen and oxygen atoms in total. The van der Waals surface area contributed by atoms with Gasteiger partial charge in [-0.05, 0) is 37.0 Å². The summed E-state index contributed by atoms with van der Waals surface area (Å²) in [7, 11) is 0. The standard InChI is InChI=1S/C16H23N3/c1-3-11-7-8-12-13(10-11)19-15(18-12)16(2)9-5-4-6-14(16)17/h7-8,10,14H,3-6,9,17H2,1-2H3,(H,18,19). The Bertz CT molecular complexity index is 587. The van der Waals surface area contributed by atoms with Gasteiger partial charge in [0.05, 0.1) is 11.0 Å². The number of hydrogen-bond acceptors (Lipinski definition) is 2. The quantitative estimate of drug-likeness (QED) is 0.867. The summed E-state index contributed by atoms with van der Waals surface area (Å²) in [5.41, 5.74) is 9.92. The van der Waals surface area contributed by atoms with Crippen LogP contribution in [0, 0.1) is 0 Å². The molecule has 1 saturated carbocycles. The second kappa shape index (κ2) is 4.64. The molecule has 102 valence electrons. The van der Waals surface area contributed by atoms with Gasteiger partial charge >= 0.3 is 0 Å². The molecule has 3 rings (SSSR count). The Morgan fingerprint density at radius 1 is 1.42 bits per heavy atom. The third kappa shape index (κ3) is 2.06. The van der Waals surface area contributed by atoms with Crippen molar-refractivity contribution in [3.05, 3.63) is 29.6 Å². The first-order chi connectivity index (χ1) is 9.13. The predicted octanol–water partition coefficient (Wildman–Crippen LogP) is 3.28. The summed E-state index contributed by atoms with van der Waals surface area (Å²) in [4.78, 5) is 8.32. The zero-order chi connectivity index (χ0) is 13.5. The van der Waals surface area contributed by atoms with E-state index in [1.54, 1.807) is 0 Å². The zero-order valence-corrected chi connectivity index (χ0v) is 11.9. The number of H-pyrrole nitrogens is 1. The number of aromatic nitrogens is 2. The summed E-state index contributed by atoms with van der Waals surface area (Å²) >= 11 is 0. The fourth-order valence-corrected chi connectivity index (χ4v) is 3.20. The third-order valence-electron chi connectivity index (χ3n) is 4.78. The summed E-state index contributed by atoms with van der Waals surface area (Å²) in [5.74, 6) is 1.07. The number of benzene rings is 1. The van der Waals surface area contributed by atoms with Gasteiger partial charge in [0.25, 0.3) is 0 Å². The van der Waals surface area contributed by atoms with Crippen molar-refractivity contribution < 1.29 is 0 Å². The normalized spacial score (nSPS) is 27.8. The average Bonchev–Trinajstić information content (AvgIpc) is 2.85. The van der Waals surface area contributed by atoms with Crippen molar-refractivity contribution in [2.45, 2.75) is 57.4 Å². The first kappa shape index (κ1) is 12.7. The van der Waals surface area contributed by atoms with Gasteiger partial charge in [0.1, 0.15) is 5.82 Å². The fourth-order valence-electron chi connectivity index (χ4n) is 3.20. The number of rotatable bonds is 2. The first-order valence-corrected chi connectivity index (χ1v) is 7.38. The van der Waals surface area contributed by atoms with Crippen LogP contribution in [0.1, 0.15) is 50.9 Å². The molecule has 1 aromatic carbocycles. The van der Waals surface area contributed by atoms with E-state index in [-0.39, 0.29) is 11.5 Å². The maximum Gasteiger partial charge on any atom is 0.114 e. The molecule has 1 fully saturated rings. The lowest BCUT2D eigenvalue weighted by atomic mass is 9.71. The highest BCUT2D eigenvalue weighted by Crippen LogP contribution is 2.37. The maximum atomic E-state index is 6.36. The molecule has 0 aliphatic heterocycles. The number of hydrogen-bond donors (Lipinski definition) is 2. The first-order valence-electron chi connectivity index (χ1n) is 7.38. The molecule has 0 amide bonds. The molecule has 0 radical (unpaired) electrons. The number of fused-ring (bicyclic) bond motifs is 1. The van der Waals surface area contributed by atoms with Crippen molar-refractivity contribution in [1.82, 2.24) is 9.97 Å². The van der Waals surface area contributed by atoms with Crippen molar-refractivity contribution in [2.24, 2.45) is 5.73 Å². The number of nitrogens with zero attached hydrogens (tertiary/aromatic N) is 1. The van der Waals surface area contributed by atoms with E-state index < -0.39 is 0 Å². The molecule has 0 spiro atoms. The van der Waals surface area contributed by atoms with E-state index in [2.05, 4.69) is 37.0 Å². The molecule has 1 aliphatic rings. The minimum absolute atomic E-state index is 0.00362. The summed E-state index contributed by atoms with van der Waals surface area (Å²) < 4.78 is 0. The van der Waals surface area contributed by atoms with Crippen molar-refractivity contribution in [3.8, 4) is 0 Å². The van der Waals surface area contributed by atoms with Crippen LogP contribution in [0.2, 0.25) is 0 Å². The van der Waals surface area contributed by atoms with E-state index in [9.17, 15) is 0 Å². The molecule has 3 N–H and O–H groups in total. The van der Waals surface area contributed by atoms with E-state index in [1.807, 2.05) is 0 Å². The van der Waals surface area contributed by atoms with Crippen molar-refractivity contribution in [3.63, 3.8) is 0 Å². The monoisotopic (exact) mass is 257 g/mol. The van der Waals surface area contributed by atoms with Crippen LogP contribution in [0.3, 0.4) is 0 Å². The topological polar surface area (TPSA) is 54.7 Å². The molecular formula is C16H23N3.